The number of nitrogens with one attached hydrogen (secondary N) is 1. The molecule has 0 fully saturated rings. The second kappa shape index (κ2) is 5.05. The molecule has 3 N–H and O–H groups in total. The molecule has 1 amide bonds. The SMILES string of the molecule is O=C(Cn1cncn1)NC[C@H](O)C(=O)O. The number of nitrogens with zero attached hydrogens (tertiary/aromatic N) is 3. The molecule has 0 aliphatic rings. The Morgan fingerprint density at radius 2 is 2.27 bits per heavy atom. The number of carboxylic acid groups (broad SMARTS) is 1. The molecule has 0 radical (unpaired) electrons. The van der Waals surface area contributed by atoms with Crippen molar-refractivity contribution in [2.45, 2.75) is 12.6 Å². The van der Waals surface area contributed by atoms with Gasteiger partial charge < -0.3 is 15.5 Å². The van der Waals surface area contributed by atoms with Crippen molar-refractivity contribution < 1.29 is 19.8 Å². The normalized spacial score (nSPS) is 12.1. The molecule has 8 nitrogen and oxygen atoms in total. The van der Waals surface area contributed by atoms with E-state index < -0.39 is 18.0 Å². The van der Waals surface area contributed by atoms with Crippen LogP contribution in [0.5, 0.6) is 0 Å². The monoisotopic (exact) mass is 214 g/mol. The minimum Gasteiger partial charge on any atom is -0.479 e. The van der Waals surface area contributed by atoms with Gasteiger partial charge in [0.2, 0.25) is 5.91 Å². The van der Waals surface area contributed by atoms with Gasteiger partial charge >= 0.3 is 5.97 Å². The zero-order valence-corrected chi connectivity index (χ0v) is 7.70. The molecule has 0 saturated heterocycles. The average Bonchev–Trinajstić information content (AvgIpc) is 2.66. The van der Waals surface area contributed by atoms with Gasteiger partial charge in [-0.25, -0.2) is 14.5 Å². The van der Waals surface area contributed by atoms with Crippen molar-refractivity contribution in [3.63, 3.8) is 0 Å². The Bertz CT molecular complexity index is 337. The van der Waals surface area contributed by atoms with Gasteiger partial charge in [-0.15, -0.1) is 0 Å². The van der Waals surface area contributed by atoms with E-state index in [9.17, 15) is 9.59 Å². The highest BCUT2D eigenvalue weighted by Crippen LogP contribution is 1.83. The third kappa shape index (κ3) is 3.73. The number of rotatable bonds is 5. The minimum absolute atomic E-state index is 0.0632. The number of carbonyl (C=O) groups is 2. The Hall–Kier alpha value is -1.96. The first-order valence-corrected chi connectivity index (χ1v) is 4.09. The molecule has 15 heavy (non-hydrogen) atoms. The maximum Gasteiger partial charge on any atom is 0.334 e. The maximum atomic E-state index is 11.1. The molecule has 0 saturated carbocycles. The lowest BCUT2D eigenvalue weighted by Crippen LogP contribution is -2.38. The lowest BCUT2D eigenvalue weighted by Gasteiger charge is -2.07. The number of carbonyl (C=O) groups excluding carboxylic acids is 1. The van der Waals surface area contributed by atoms with E-state index in [0.29, 0.717) is 0 Å². The second-order valence-electron chi connectivity index (χ2n) is 2.75. The highest BCUT2D eigenvalue weighted by Gasteiger charge is 2.14. The molecule has 0 aromatic carbocycles. The van der Waals surface area contributed by atoms with Crippen LogP contribution in [-0.4, -0.2) is 49.5 Å². The van der Waals surface area contributed by atoms with Crippen LogP contribution in [0.2, 0.25) is 0 Å². The second-order valence-corrected chi connectivity index (χ2v) is 2.75. The summed E-state index contributed by atoms with van der Waals surface area (Å²) in [7, 11) is 0. The molecule has 0 unspecified atom stereocenters. The molecule has 82 valence electrons. The minimum atomic E-state index is -1.59. The molecule has 8 heteroatoms. The van der Waals surface area contributed by atoms with Crippen molar-refractivity contribution in [1.82, 2.24) is 20.1 Å². The van der Waals surface area contributed by atoms with Crippen molar-refractivity contribution in [3.8, 4) is 0 Å². The van der Waals surface area contributed by atoms with Gasteiger partial charge in [-0.1, -0.05) is 0 Å². The van der Waals surface area contributed by atoms with Gasteiger partial charge in [-0.2, -0.15) is 5.10 Å². The lowest BCUT2D eigenvalue weighted by molar-refractivity contribution is -0.146. The number of aromatic nitrogens is 3. The number of carboxylic acids is 1. The van der Waals surface area contributed by atoms with Gasteiger partial charge in [0, 0.05) is 0 Å². The number of aliphatic hydroxyl groups excluding tert-OH is 1. The Labute approximate surface area is 84.5 Å². The predicted molar refractivity (Wildman–Crippen MR) is 46.7 cm³/mol. The number of hydrogen-bond donors (Lipinski definition) is 3. The van der Waals surface area contributed by atoms with Gasteiger partial charge in [0.1, 0.15) is 19.2 Å². The van der Waals surface area contributed by atoms with Gasteiger partial charge in [0.15, 0.2) is 6.10 Å². The first-order chi connectivity index (χ1) is 7.09. The van der Waals surface area contributed by atoms with Crippen LogP contribution >= 0.6 is 0 Å². The van der Waals surface area contributed by atoms with E-state index in [-0.39, 0.29) is 13.1 Å². The van der Waals surface area contributed by atoms with E-state index >= 15 is 0 Å². The number of aliphatic carboxylic acids is 1. The molecule has 1 rings (SSSR count). The molecule has 1 aromatic rings. The van der Waals surface area contributed by atoms with Crippen LogP contribution in [0, 0.1) is 0 Å². The molecule has 1 atom stereocenters. The van der Waals surface area contributed by atoms with E-state index in [2.05, 4.69) is 15.4 Å². The van der Waals surface area contributed by atoms with Crippen molar-refractivity contribution in [2.24, 2.45) is 0 Å². The standard InChI is InChI=1S/C7H10N4O4/c12-5(7(14)15)1-9-6(13)2-11-4-8-3-10-11/h3-5,12H,1-2H2,(H,9,13)(H,14,15)/t5-/m0/s1. The molecular formula is C7H10N4O4. The summed E-state index contributed by atoms with van der Waals surface area (Å²) in [5.41, 5.74) is 0. The Kier molecular flexibility index (Phi) is 3.75. The van der Waals surface area contributed by atoms with Gasteiger partial charge in [0.05, 0.1) is 6.54 Å². The van der Waals surface area contributed by atoms with E-state index in [1.54, 1.807) is 0 Å². The van der Waals surface area contributed by atoms with Gasteiger partial charge in [0.25, 0.3) is 0 Å². The van der Waals surface area contributed by atoms with Crippen molar-refractivity contribution in [1.29, 1.82) is 0 Å². The summed E-state index contributed by atoms with van der Waals surface area (Å²) in [5.74, 6) is -1.82. The van der Waals surface area contributed by atoms with Crippen LogP contribution in [0.25, 0.3) is 0 Å². The lowest BCUT2D eigenvalue weighted by atomic mass is 10.3. The van der Waals surface area contributed by atoms with Crippen LogP contribution in [-0.2, 0) is 16.1 Å². The van der Waals surface area contributed by atoms with Crippen molar-refractivity contribution in [2.75, 3.05) is 6.54 Å². The quantitative estimate of drug-likeness (QED) is 0.514. The van der Waals surface area contributed by atoms with Crippen LogP contribution in [0.3, 0.4) is 0 Å². The summed E-state index contributed by atoms with van der Waals surface area (Å²) < 4.78 is 1.28. The highest BCUT2D eigenvalue weighted by atomic mass is 16.4. The summed E-state index contributed by atoms with van der Waals surface area (Å²) in [6, 6.07) is 0. The van der Waals surface area contributed by atoms with Crippen LogP contribution in [0.1, 0.15) is 0 Å². The number of amides is 1. The number of hydrogen-bond acceptors (Lipinski definition) is 5. The van der Waals surface area contributed by atoms with Crippen LogP contribution in [0.4, 0.5) is 0 Å². The van der Waals surface area contributed by atoms with E-state index in [0.717, 1.165) is 0 Å². The van der Waals surface area contributed by atoms with Gasteiger partial charge in [-0.05, 0) is 0 Å². The summed E-state index contributed by atoms with van der Waals surface area (Å²) in [6.07, 6.45) is 1.04. The van der Waals surface area contributed by atoms with Crippen molar-refractivity contribution >= 4 is 11.9 Å². The zero-order chi connectivity index (χ0) is 11.3. The third-order valence-electron chi connectivity index (χ3n) is 1.55. The summed E-state index contributed by atoms with van der Waals surface area (Å²) in [5, 5.41) is 23.1. The summed E-state index contributed by atoms with van der Waals surface area (Å²) >= 11 is 0. The Morgan fingerprint density at radius 3 is 2.80 bits per heavy atom. The van der Waals surface area contributed by atoms with E-state index in [1.165, 1.54) is 17.3 Å². The average molecular weight is 214 g/mol. The maximum absolute atomic E-state index is 11.1. The smallest absolute Gasteiger partial charge is 0.334 e. The van der Waals surface area contributed by atoms with Crippen LogP contribution in [0.15, 0.2) is 12.7 Å². The topological polar surface area (TPSA) is 117 Å². The fourth-order valence-electron chi connectivity index (χ4n) is 0.815. The predicted octanol–water partition coefficient (Wildman–Crippen LogP) is -2.16. The largest absolute Gasteiger partial charge is 0.479 e. The Balaban J connectivity index is 2.28. The fraction of sp³-hybridized carbons (Fsp3) is 0.429. The van der Waals surface area contributed by atoms with Crippen molar-refractivity contribution in [3.05, 3.63) is 12.7 Å². The molecule has 0 bridgehead atoms. The fourth-order valence-corrected chi connectivity index (χ4v) is 0.815. The van der Waals surface area contributed by atoms with Crippen LogP contribution < -0.4 is 5.32 Å². The first-order valence-electron chi connectivity index (χ1n) is 4.09. The molecule has 1 heterocycles. The van der Waals surface area contributed by atoms with Gasteiger partial charge in [-0.3, -0.25) is 4.79 Å². The Morgan fingerprint density at radius 1 is 1.53 bits per heavy atom. The highest BCUT2D eigenvalue weighted by molar-refractivity contribution is 5.77. The first kappa shape index (κ1) is 11.1. The summed E-state index contributed by atoms with van der Waals surface area (Å²) in [4.78, 5) is 25.0. The molecule has 0 aliphatic heterocycles. The third-order valence-corrected chi connectivity index (χ3v) is 1.55. The zero-order valence-electron chi connectivity index (χ0n) is 7.70. The van der Waals surface area contributed by atoms with E-state index in [4.69, 9.17) is 10.2 Å². The molecular weight excluding hydrogens is 204 g/mol. The summed E-state index contributed by atoms with van der Waals surface area (Å²) in [6.45, 7) is -0.394. The molecule has 0 spiro atoms. The molecule has 0 aliphatic carbocycles. The van der Waals surface area contributed by atoms with E-state index in [1.807, 2.05) is 0 Å². The molecule has 1 aromatic heterocycles. The number of aliphatic hydroxyl groups is 1.